The zero-order valence-electron chi connectivity index (χ0n) is 41.4. The van der Waals surface area contributed by atoms with Crippen molar-refractivity contribution in [3.8, 4) is 0 Å². The normalized spacial score (nSPS) is 20.0. The zero-order chi connectivity index (χ0) is 47.4. The van der Waals surface area contributed by atoms with E-state index in [4.69, 9.17) is 14.2 Å². The maximum absolute atomic E-state index is 13.0. The smallest absolute Gasteiger partial charge is 0.305 e. The number of aliphatic hydroxyl groups is 5. The number of hydrogen-bond donors (Lipinski definition) is 6. The molecule has 0 aromatic rings. The predicted octanol–water partition coefficient (Wildman–Crippen LogP) is 11.2. The largest absolute Gasteiger partial charge is 0.466 e. The molecule has 0 radical (unpaired) electrons. The third-order valence-electron chi connectivity index (χ3n) is 12.5. The van der Waals surface area contributed by atoms with Crippen LogP contribution >= 0.6 is 0 Å². The standard InChI is InChI=1S/C54H99NO10/c1-3-5-7-9-11-13-14-15-16-17-18-19-22-26-30-34-38-42-50(59)63-43-39-35-31-27-23-20-21-25-29-33-37-41-49(58)55-46(47(57)40-36-32-28-24-12-10-8-6-4-2)45-64-54-53(62)52(61)51(60)48(44-56)65-54/h11,13,15-16,36,40,46-48,51-54,56-57,60-62H,3-10,12,14,17-35,37-39,41-45H2,1-2H3,(H,55,58)/b13-11-,16-15-,40-36+. The molecule has 0 saturated carbocycles. The van der Waals surface area contributed by atoms with Gasteiger partial charge in [0.1, 0.15) is 24.4 Å². The van der Waals surface area contributed by atoms with Gasteiger partial charge in [0.25, 0.3) is 0 Å². The Kier molecular flexibility index (Phi) is 41.6. The molecule has 0 aromatic heterocycles. The molecule has 7 atom stereocenters. The van der Waals surface area contributed by atoms with Crippen LogP contribution in [0.15, 0.2) is 36.5 Å². The molecular formula is C54H99NO10. The minimum Gasteiger partial charge on any atom is -0.466 e. The Morgan fingerprint density at radius 2 is 1.03 bits per heavy atom. The maximum atomic E-state index is 13.0. The lowest BCUT2D eigenvalue weighted by molar-refractivity contribution is -0.302. The lowest BCUT2D eigenvalue weighted by Crippen LogP contribution is -2.60. The highest BCUT2D eigenvalue weighted by molar-refractivity contribution is 5.76. The first-order valence-corrected chi connectivity index (χ1v) is 26.8. The number of unbranched alkanes of at least 4 members (excludes halogenated alkanes) is 27. The molecule has 11 heteroatoms. The van der Waals surface area contributed by atoms with Gasteiger partial charge in [0, 0.05) is 12.8 Å². The average molecular weight is 922 g/mol. The monoisotopic (exact) mass is 922 g/mol. The summed E-state index contributed by atoms with van der Waals surface area (Å²) in [6, 6.07) is -0.823. The molecule has 1 fully saturated rings. The Bertz CT molecular complexity index is 1180. The number of allylic oxidation sites excluding steroid dienone is 5. The fourth-order valence-electron chi connectivity index (χ4n) is 8.17. The van der Waals surface area contributed by atoms with Crippen LogP contribution in [0.2, 0.25) is 0 Å². The Morgan fingerprint density at radius 3 is 1.58 bits per heavy atom. The SMILES string of the molecule is CCCCC/C=C\C/C=C\CCCCCCCCCC(=O)OCCCCCCCCCCCCCC(=O)NC(COC1OC(CO)C(O)C(O)C1O)C(O)/C=C/CCCCCCCCC. The number of nitrogens with one attached hydrogen (secondary N) is 1. The summed E-state index contributed by atoms with van der Waals surface area (Å²) in [6.07, 6.45) is 42.2. The molecule has 1 aliphatic heterocycles. The van der Waals surface area contributed by atoms with Crippen molar-refractivity contribution in [1.82, 2.24) is 5.32 Å². The van der Waals surface area contributed by atoms with Crippen LogP contribution in [0.25, 0.3) is 0 Å². The minimum atomic E-state index is -1.58. The quantitative estimate of drug-likeness (QED) is 0.0196. The van der Waals surface area contributed by atoms with Crippen LogP contribution in [0, 0.1) is 0 Å². The van der Waals surface area contributed by atoms with Gasteiger partial charge in [-0.25, -0.2) is 0 Å². The Labute approximate surface area is 396 Å². The molecule has 0 bridgehead atoms. The summed E-state index contributed by atoms with van der Waals surface area (Å²) in [4.78, 5) is 25.1. The molecular weight excluding hydrogens is 823 g/mol. The molecule has 1 aliphatic rings. The lowest BCUT2D eigenvalue weighted by Gasteiger charge is -2.40. The number of carbonyl (C=O) groups is 2. The van der Waals surface area contributed by atoms with Crippen LogP contribution < -0.4 is 5.32 Å². The van der Waals surface area contributed by atoms with E-state index in [1.165, 1.54) is 122 Å². The van der Waals surface area contributed by atoms with Gasteiger partial charge in [-0.05, 0) is 64.2 Å². The first kappa shape index (κ1) is 60.9. The van der Waals surface area contributed by atoms with E-state index in [1.807, 2.05) is 6.08 Å². The van der Waals surface area contributed by atoms with Crippen molar-refractivity contribution in [2.45, 2.75) is 275 Å². The first-order valence-electron chi connectivity index (χ1n) is 26.8. The summed E-state index contributed by atoms with van der Waals surface area (Å²) in [7, 11) is 0. The van der Waals surface area contributed by atoms with Crippen molar-refractivity contribution in [2.24, 2.45) is 0 Å². The van der Waals surface area contributed by atoms with Crippen molar-refractivity contribution < 1.29 is 49.3 Å². The van der Waals surface area contributed by atoms with Crippen LogP contribution in [0.1, 0.15) is 232 Å². The summed E-state index contributed by atoms with van der Waals surface area (Å²) in [5, 5.41) is 54.1. The molecule has 6 N–H and O–H groups in total. The second-order valence-electron chi connectivity index (χ2n) is 18.6. The van der Waals surface area contributed by atoms with E-state index < -0.39 is 49.5 Å². The number of aliphatic hydroxyl groups excluding tert-OH is 5. The van der Waals surface area contributed by atoms with Gasteiger partial charge in [-0.2, -0.15) is 0 Å². The number of rotatable bonds is 45. The third kappa shape index (κ3) is 34.8. The van der Waals surface area contributed by atoms with Crippen molar-refractivity contribution in [2.75, 3.05) is 19.8 Å². The highest BCUT2D eigenvalue weighted by Crippen LogP contribution is 2.23. The van der Waals surface area contributed by atoms with Gasteiger partial charge in [0.15, 0.2) is 6.29 Å². The van der Waals surface area contributed by atoms with Gasteiger partial charge in [-0.1, -0.05) is 192 Å². The van der Waals surface area contributed by atoms with Gasteiger partial charge >= 0.3 is 5.97 Å². The van der Waals surface area contributed by atoms with E-state index in [0.717, 1.165) is 83.5 Å². The zero-order valence-corrected chi connectivity index (χ0v) is 41.4. The van der Waals surface area contributed by atoms with Gasteiger partial charge in [-0.3, -0.25) is 9.59 Å². The summed E-state index contributed by atoms with van der Waals surface area (Å²) in [5.41, 5.74) is 0. The molecule has 65 heavy (non-hydrogen) atoms. The maximum Gasteiger partial charge on any atom is 0.305 e. The lowest BCUT2D eigenvalue weighted by atomic mass is 9.99. The Morgan fingerprint density at radius 1 is 0.569 bits per heavy atom. The second-order valence-corrected chi connectivity index (χ2v) is 18.6. The van der Waals surface area contributed by atoms with Crippen LogP contribution in [-0.4, -0.2) is 100 Å². The number of carbonyl (C=O) groups excluding carboxylic acids is 2. The fraction of sp³-hybridized carbons (Fsp3) is 0.852. The van der Waals surface area contributed by atoms with Crippen LogP contribution in [0.3, 0.4) is 0 Å². The summed E-state index contributed by atoms with van der Waals surface area (Å²) in [6.45, 7) is 4.21. The number of hydrogen-bond acceptors (Lipinski definition) is 10. The summed E-state index contributed by atoms with van der Waals surface area (Å²) >= 11 is 0. The highest BCUT2D eigenvalue weighted by atomic mass is 16.7. The van der Waals surface area contributed by atoms with Gasteiger partial charge in [0.05, 0.1) is 32.0 Å². The van der Waals surface area contributed by atoms with E-state index in [2.05, 4.69) is 43.5 Å². The van der Waals surface area contributed by atoms with Gasteiger partial charge in [0.2, 0.25) is 5.91 Å². The molecule has 1 heterocycles. The Hall–Kier alpha value is -2.12. The van der Waals surface area contributed by atoms with Crippen molar-refractivity contribution >= 4 is 11.9 Å². The number of esters is 1. The Balaban J connectivity index is 2.11. The summed E-state index contributed by atoms with van der Waals surface area (Å²) in [5.74, 6) is -0.252. The van der Waals surface area contributed by atoms with E-state index in [1.54, 1.807) is 6.08 Å². The molecule has 11 nitrogen and oxygen atoms in total. The average Bonchev–Trinajstić information content (AvgIpc) is 3.30. The fourth-order valence-corrected chi connectivity index (χ4v) is 8.17. The second kappa shape index (κ2) is 44.4. The molecule has 1 saturated heterocycles. The van der Waals surface area contributed by atoms with E-state index in [9.17, 15) is 35.1 Å². The summed E-state index contributed by atoms with van der Waals surface area (Å²) < 4.78 is 16.6. The first-order chi connectivity index (χ1) is 31.7. The van der Waals surface area contributed by atoms with E-state index in [0.29, 0.717) is 19.4 Å². The minimum absolute atomic E-state index is 0.0482. The van der Waals surface area contributed by atoms with Crippen molar-refractivity contribution in [3.63, 3.8) is 0 Å². The van der Waals surface area contributed by atoms with E-state index in [-0.39, 0.29) is 18.5 Å². The molecule has 380 valence electrons. The highest BCUT2D eigenvalue weighted by Gasteiger charge is 2.44. The predicted molar refractivity (Wildman–Crippen MR) is 264 cm³/mol. The van der Waals surface area contributed by atoms with E-state index >= 15 is 0 Å². The molecule has 0 spiro atoms. The topological polar surface area (TPSA) is 175 Å². The van der Waals surface area contributed by atoms with Crippen LogP contribution in [-0.2, 0) is 23.8 Å². The van der Waals surface area contributed by atoms with Crippen molar-refractivity contribution in [3.05, 3.63) is 36.5 Å². The molecule has 1 rings (SSSR count). The third-order valence-corrected chi connectivity index (χ3v) is 12.5. The molecule has 7 unspecified atom stereocenters. The van der Waals surface area contributed by atoms with Gasteiger partial charge in [-0.15, -0.1) is 0 Å². The number of ether oxygens (including phenoxy) is 3. The molecule has 0 aliphatic carbocycles. The molecule has 0 aromatic carbocycles. The van der Waals surface area contributed by atoms with Crippen molar-refractivity contribution in [1.29, 1.82) is 0 Å². The van der Waals surface area contributed by atoms with Crippen LogP contribution in [0.4, 0.5) is 0 Å². The van der Waals surface area contributed by atoms with Crippen LogP contribution in [0.5, 0.6) is 0 Å². The number of amides is 1. The van der Waals surface area contributed by atoms with Gasteiger partial charge < -0.3 is 45.1 Å². The molecule has 1 amide bonds.